The van der Waals surface area contributed by atoms with E-state index in [4.69, 9.17) is 14.2 Å². The minimum Gasteiger partial charge on any atom is -0.459 e. The average molecular weight is 516 g/mol. The zero-order chi connectivity index (χ0) is 26.8. The first kappa shape index (κ1) is 25.1. The standard InChI is InChI=1S/C28H25N3O7/c1-17-6-10-19(11-7-17)27(32)36-15-24-23(38-28(33)20-12-8-18(2)9-13-20)14-25(37-24)30-16-29-26-21(30)4-3-5-22(26)31(34)35/h3-13,16,23-25H,14-15H2,1-2H3/t23-,24+,25+/m0/s1. The summed E-state index contributed by atoms with van der Waals surface area (Å²) in [6, 6.07) is 18.6. The summed E-state index contributed by atoms with van der Waals surface area (Å²) in [5, 5.41) is 11.4. The number of esters is 2. The van der Waals surface area contributed by atoms with Gasteiger partial charge in [0.25, 0.3) is 5.69 Å². The molecule has 0 saturated carbocycles. The van der Waals surface area contributed by atoms with Crippen LogP contribution in [0.3, 0.4) is 0 Å². The number of nitro benzene ring substituents is 1. The van der Waals surface area contributed by atoms with Gasteiger partial charge < -0.3 is 18.8 Å². The lowest BCUT2D eigenvalue weighted by Gasteiger charge is -2.19. The highest BCUT2D eigenvalue weighted by molar-refractivity contribution is 5.90. The number of carbonyl (C=O) groups excluding carboxylic acids is 2. The summed E-state index contributed by atoms with van der Waals surface area (Å²) in [6.45, 7) is 3.69. The number of hydrogen-bond acceptors (Lipinski definition) is 8. The van der Waals surface area contributed by atoms with Crippen molar-refractivity contribution in [1.29, 1.82) is 0 Å². The monoisotopic (exact) mass is 515 g/mol. The van der Waals surface area contributed by atoms with Crippen LogP contribution in [0.4, 0.5) is 5.69 Å². The summed E-state index contributed by atoms with van der Waals surface area (Å²) < 4.78 is 19.2. The number of imidazole rings is 1. The van der Waals surface area contributed by atoms with Gasteiger partial charge in [-0.1, -0.05) is 41.5 Å². The number of benzene rings is 3. The summed E-state index contributed by atoms with van der Waals surface area (Å²) in [5.41, 5.74) is 3.41. The number of rotatable bonds is 7. The Balaban J connectivity index is 1.38. The molecular formula is C28H25N3O7. The van der Waals surface area contributed by atoms with Crippen molar-refractivity contribution in [3.05, 3.63) is 105 Å². The highest BCUT2D eigenvalue weighted by Crippen LogP contribution is 2.35. The van der Waals surface area contributed by atoms with Gasteiger partial charge in [-0.15, -0.1) is 0 Å². The molecule has 38 heavy (non-hydrogen) atoms. The lowest BCUT2D eigenvalue weighted by atomic mass is 10.1. The largest absolute Gasteiger partial charge is 0.459 e. The Hall–Kier alpha value is -4.57. The third-order valence-corrected chi connectivity index (χ3v) is 6.48. The van der Waals surface area contributed by atoms with Gasteiger partial charge in [0.15, 0.2) is 5.52 Å². The van der Waals surface area contributed by atoms with Crippen LogP contribution in [0.15, 0.2) is 73.1 Å². The van der Waals surface area contributed by atoms with Crippen molar-refractivity contribution in [2.45, 2.75) is 38.7 Å². The first-order chi connectivity index (χ1) is 18.3. The second-order valence-electron chi connectivity index (χ2n) is 9.19. The first-order valence-electron chi connectivity index (χ1n) is 12.1. The van der Waals surface area contributed by atoms with E-state index in [1.165, 1.54) is 12.4 Å². The fourth-order valence-electron chi connectivity index (χ4n) is 4.39. The van der Waals surface area contributed by atoms with Crippen LogP contribution in [-0.4, -0.2) is 45.2 Å². The predicted octanol–water partition coefficient (Wildman–Crippen LogP) is 4.93. The van der Waals surface area contributed by atoms with Gasteiger partial charge in [0, 0.05) is 12.5 Å². The maximum Gasteiger partial charge on any atom is 0.338 e. The summed E-state index contributed by atoms with van der Waals surface area (Å²) in [4.78, 5) is 40.7. The number of para-hydroxylation sites is 1. The van der Waals surface area contributed by atoms with Crippen LogP contribution < -0.4 is 0 Å². The molecule has 3 atom stereocenters. The van der Waals surface area contributed by atoms with Crippen molar-refractivity contribution in [1.82, 2.24) is 9.55 Å². The maximum atomic E-state index is 12.9. The van der Waals surface area contributed by atoms with Crippen LogP contribution >= 0.6 is 0 Å². The fraction of sp³-hybridized carbons (Fsp3) is 0.250. The normalized spacial score (nSPS) is 18.8. The van der Waals surface area contributed by atoms with E-state index in [1.54, 1.807) is 41.0 Å². The minimum atomic E-state index is -0.764. The number of nitrogens with zero attached hydrogens (tertiary/aromatic N) is 3. The Morgan fingerprint density at radius 1 is 1.00 bits per heavy atom. The zero-order valence-corrected chi connectivity index (χ0v) is 20.8. The molecule has 2 heterocycles. The van der Waals surface area contributed by atoms with Gasteiger partial charge in [0.2, 0.25) is 0 Å². The quantitative estimate of drug-likeness (QED) is 0.193. The van der Waals surface area contributed by atoms with Gasteiger partial charge in [-0.05, 0) is 44.2 Å². The van der Waals surface area contributed by atoms with Gasteiger partial charge in [0.1, 0.15) is 25.0 Å². The maximum absolute atomic E-state index is 12.9. The van der Waals surface area contributed by atoms with Gasteiger partial charge in [-0.2, -0.15) is 0 Å². The first-order valence-corrected chi connectivity index (χ1v) is 12.1. The second-order valence-corrected chi connectivity index (χ2v) is 9.19. The molecule has 194 valence electrons. The van der Waals surface area contributed by atoms with E-state index in [1.807, 2.05) is 38.1 Å². The Bertz CT molecular complexity index is 1500. The highest BCUT2D eigenvalue weighted by atomic mass is 16.6. The molecule has 0 spiro atoms. The molecule has 1 aliphatic heterocycles. The molecule has 0 radical (unpaired) electrons. The van der Waals surface area contributed by atoms with E-state index in [9.17, 15) is 19.7 Å². The average Bonchev–Trinajstić information content (AvgIpc) is 3.51. The molecule has 1 aromatic heterocycles. The fourth-order valence-corrected chi connectivity index (χ4v) is 4.39. The molecule has 0 aliphatic carbocycles. The molecule has 10 heteroatoms. The number of non-ortho nitro benzene ring substituents is 1. The van der Waals surface area contributed by atoms with Crippen LogP contribution in [0.25, 0.3) is 11.0 Å². The minimum absolute atomic E-state index is 0.120. The van der Waals surface area contributed by atoms with E-state index in [2.05, 4.69) is 4.98 Å². The van der Waals surface area contributed by atoms with Crippen molar-refractivity contribution in [2.24, 2.45) is 0 Å². The van der Waals surface area contributed by atoms with Crippen LogP contribution in [0.1, 0.15) is 44.5 Å². The molecule has 1 saturated heterocycles. The number of hydrogen-bond donors (Lipinski definition) is 0. The van der Waals surface area contributed by atoms with Crippen molar-refractivity contribution in [2.75, 3.05) is 6.61 Å². The van der Waals surface area contributed by atoms with Gasteiger partial charge in [0.05, 0.1) is 27.9 Å². The number of aromatic nitrogens is 2. The van der Waals surface area contributed by atoms with Crippen LogP contribution in [0.2, 0.25) is 0 Å². The van der Waals surface area contributed by atoms with Gasteiger partial charge in [-0.25, -0.2) is 14.6 Å². The molecule has 1 fully saturated rings. The van der Waals surface area contributed by atoms with Gasteiger partial charge >= 0.3 is 11.9 Å². The molecule has 0 amide bonds. The van der Waals surface area contributed by atoms with Crippen molar-refractivity contribution < 1.29 is 28.7 Å². The molecule has 0 N–H and O–H groups in total. The van der Waals surface area contributed by atoms with Crippen molar-refractivity contribution in [3.8, 4) is 0 Å². The Morgan fingerprint density at radius 2 is 1.63 bits per heavy atom. The molecule has 3 aromatic carbocycles. The molecular weight excluding hydrogens is 490 g/mol. The number of ether oxygens (including phenoxy) is 3. The molecule has 5 rings (SSSR count). The number of fused-ring (bicyclic) bond motifs is 1. The van der Waals surface area contributed by atoms with Crippen LogP contribution in [0.5, 0.6) is 0 Å². The van der Waals surface area contributed by atoms with Gasteiger partial charge in [-0.3, -0.25) is 10.1 Å². The Kier molecular flexibility index (Phi) is 6.89. The van der Waals surface area contributed by atoms with E-state index in [0.29, 0.717) is 16.6 Å². The third kappa shape index (κ3) is 5.12. The molecule has 1 aliphatic rings. The molecule has 0 bridgehead atoms. The Labute approximate surface area is 217 Å². The van der Waals surface area contributed by atoms with Crippen LogP contribution in [0, 0.1) is 24.0 Å². The molecule has 0 unspecified atom stereocenters. The molecule has 4 aromatic rings. The Morgan fingerprint density at radius 3 is 2.26 bits per heavy atom. The third-order valence-electron chi connectivity index (χ3n) is 6.48. The zero-order valence-electron chi connectivity index (χ0n) is 20.8. The van der Waals surface area contributed by atoms with E-state index >= 15 is 0 Å². The van der Waals surface area contributed by atoms with E-state index in [-0.39, 0.29) is 24.2 Å². The predicted molar refractivity (Wildman–Crippen MR) is 137 cm³/mol. The summed E-state index contributed by atoms with van der Waals surface area (Å²) in [5.74, 6) is -1.05. The smallest absolute Gasteiger partial charge is 0.338 e. The molecule has 10 nitrogen and oxygen atoms in total. The lowest BCUT2D eigenvalue weighted by molar-refractivity contribution is -0.383. The summed E-state index contributed by atoms with van der Waals surface area (Å²) in [7, 11) is 0. The van der Waals surface area contributed by atoms with Crippen molar-refractivity contribution in [3.63, 3.8) is 0 Å². The van der Waals surface area contributed by atoms with Crippen molar-refractivity contribution >= 4 is 28.7 Å². The van der Waals surface area contributed by atoms with E-state index < -0.39 is 35.3 Å². The van der Waals surface area contributed by atoms with E-state index in [0.717, 1.165) is 11.1 Å². The highest BCUT2D eigenvalue weighted by Gasteiger charge is 2.40. The second kappa shape index (κ2) is 10.4. The van der Waals surface area contributed by atoms with Crippen LogP contribution in [-0.2, 0) is 14.2 Å². The number of carbonyl (C=O) groups is 2. The summed E-state index contributed by atoms with van der Waals surface area (Å²) in [6.07, 6.45) is -0.461. The SMILES string of the molecule is Cc1ccc(C(=O)OC[C@H]2O[C@@H](n3cnc4c([N+](=O)[O-])cccc43)C[C@@H]2OC(=O)c2ccc(C)cc2)cc1. The summed E-state index contributed by atoms with van der Waals surface area (Å²) >= 11 is 0. The lowest BCUT2D eigenvalue weighted by Crippen LogP contribution is -2.32. The topological polar surface area (TPSA) is 123 Å². The number of nitro groups is 1. The number of aryl methyl sites for hydroxylation is 2.